The van der Waals surface area contributed by atoms with E-state index in [-0.39, 0.29) is 59.0 Å². The average molecular weight is 277 g/mol. The summed E-state index contributed by atoms with van der Waals surface area (Å²) in [5.74, 6) is 0. The molecule has 2 radical (unpaired) electrons. The smallest absolute Gasteiger partial charge is 1.00 e. The normalized spacial score (nSPS) is 6.44. The molecule has 0 unspecified atom stereocenters. The van der Waals surface area contributed by atoms with Gasteiger partial charge in [0.05, 0.1) is 0 Å². The molecule has 0 saturated heterocycles. The first-order valence-corrected chi connectivity index (χ1v) is 2.00. The number of hydrogen-bond donors (Lipinski definition) is 0. The van der Waals surface area contributed by atoms with Crippen LogP contribution in [0.4, 0.5) is 0 Å². The Morgan fingerprint density at radius 1 is 0.889 bits per heavy atom. The summed E-state index contributed by atoms with van der Waals surface area (Å²) in [6.45, 7) is 0. The van der Waals surface area contributed by atoms with Crippen molar-refractivity contribution in [3.05, 3.63) is 0 Å². The van der Waals surface area contributed by atoms with E-state index in [1.807, 2.05) is 0 Å². The van der Waals surface area contributed by atoms with Crippen molar-refractivity contribution in [3.63, 3.8) is 0 Å². The van der Waals surface area contributed by atoms with Crippen LogP contribution in [0.3, 0.4) is 0 Å². The number of halogens is 2. The Balaban J connectivity index is -0.0000000133. The third-order valence-electron chi connectivity index (χ3n) is 0. The van der Waals surface area contributed by atoms with Gasteiger partial charge in [0.15, 0.2) is 0 Å². The van der Waals surface area contributed by atoms with Crippen LogP contribution in [0, 0.1) is 0 Å². The van der Waals surface area contributed by atoms with Crippen LogP contribution < -0.4 is 24.8 Å². The van der Waals surface area contributed by atoms with Crippen molar-refractivity contribution in [1.29, 1.82) is 0 Å². The molecule has 0 heterocycles. The summed E-state index contributed by atoms with van der Waals surface area (Å²) in [6, 6.07) is 0. The second-order valence-electron chi connectivity index (χ2n) is 0.408. The molecule has 0 bridgehead atoms. The molecule has 0 aliphatic carbocycles. The van der Waals surface area contributed by atoms with E-state index in [1.54, 1.807) is 0 Å². The van der Waals surface area contributed by atoms with Gasteiger partial charge in [0, 0.05) is 10.4 Å². The van der Waals surface area contributed by atoms with Crippen LogP contribution in [0.15, 0.2) is 0 Å². The zero-order chi connectivity index (χ0) is 4.50. The molecule has 0 aromatic heterocycles. The fourth-order valence-electron chi connectivity index (χ4n) is 0. The maximum absolute atomic E-state index is 8.52. The van der Waals surface area contributed by atoms with Crippen molar-refractivity contribution in [3.8, 4) is 0 Å². The first kappa shape index (κ1) is 31.3. The van der Waals surface area contributed by atoms with E-state index < -0.39 is 10.4 Å². The van der Waals surface area contributed by atoms with Gasteiger partial charge in [0.25, 0.3) is 0 Å². The van der Waals surface area contributed by atoms with Gasteiger partial charge >= 0.3 is 34.1 Å². The molecule has 0 aromatic rings. The van der Waals surface area contributed by atoms with Crippen LogP contribution in [-0.4, -0.2) is 17.5 Å². The predicted molar refractivity (Wildman–Crippen MR) is 10.5 cm³/mol. The molecule has 0 fully saturated rings. The Bertz CT molecular complexity index is 99.7. The van der Waals surface area contributed by atoms with E-state index in [2.05, 4.69) is 0 Å². The minimum absolute atomic E-state index is 0. The van der Waals surface area contributed by atoms with E-state index in [0.717, 1.165) is 0 Å². The summed E-state index contributed by atoms with van der Waals surface area (Å²) in [7, 11) is -5.17. The van der Waals surface area contributed by atoms with Crippen LogP contribution in [-0.2, 0) is 44.5 Å². The van der Waals surface area contributed by atoms with Crippen LogP contribution >= 0.6 is 0 Å². The topological polar surface area (TPSA) is 80.3 Å². The first-order valence-electron chi connectivity index (χ1n) is 0.667. The molecule has 9 heteroatoms. The molecule has 0 aliphatic rings. The molecule has 4 nitrogen and oxygen atoms in total. The average Bonchev–Trinajstić information content (AvgIpc) is 0.722. The summed E-state index contributed by atoms with van der Waals surface area (Å²) in [6.07, 6.45) is 0. The molecular weight excluding hydrogens is 277 g/mol. The van der Waals surface area contributed by atoms with Crippen molar-refractivity contribution in [2.45, 2.75) is 0 Å². The van der Waals surface area contributed by atoms with Crippen molar-refractivity contribution < 1.29 is 76.5 Å². The van der Waals surface area contributed by atoms with Crippen molar-refractivity contribution in [1.82, 2.24) is 0 Å². The largest absolute Gasteiger partial charge is 2.00 e. The molecule has 0 aromatic carbocycles. The molecule has 58 valence electrons. The first-order chi connectivity index (χ1) is 2.00. The minimum atomic E-state index is -5.17. The van der Waals surface area contributed by atoms with Gasteiger partial charge < -0.3 is 33.9 Å². The van der Waals surface area contributed by atoms with Gasteiger partial charge in [-0.15, -0.1) is 0 Å². The predicted octanol–water partition coefficient (Wildman–Crippen LogP) is -7.34. The van der Waals surface area contributed by atoms with E-state index in [0.29, 0.717) is 0 Å². The van der Waals surface area contributed by atoms with Crippen LogP contribution in [0.1, 0.15) is 0 Å². The van der Waals surface area contributed by atoms with Crippen LogP contribution in [0.5, 0.6) is 0 Å². The Kier molecular flexibility index (Phi) is 42.5. The summed E-state index contributed by atoms with van der Waals surface area (Å²) in [5.41, 5.74) is 0. The number of hydrogen-bond acceptors (Lipinski definition) is 4. The van der Waals surface area contributed by atoms with E-state index in [9.17, 15) is 0 Å². The van der Waals surface area contributed by atoms with Crippen molar-refractivity contribution in [2.24, 2.45) is 0 Å². The van der Waals surface area contributed by atoms with E-state index in [4.69, 9.17) is 17.5 Å². The van der Waals surface area contributed by atoms with Gasteiger partial charge in [-0.25, -0.2) is 0 Å². The zero-order valence-corrected chi connectivity index (χ0v) is 8.24. The Hall–Kier alpha value is 1.49. The van der Waals surface area contributed by atoms with Gasteiger partial charge in [-0.3, -0.25) is 8.42 Å². The van der Waals surface area contributed by atoms with Gasteiger partial charge in [-0.2, -0.15) is 0 Å². The fourth-order valence-corrected chi connectivity index (χ4v) is 0. The molecule has 0 atom stereocenters. The molecule has 0 spiro atoms. The Morgan fingerprint density at radius 2 is 0.889 bits per heavy atom. The second kappa shape index (κ2) is 12.2. The van der Waals surface area contributed by atoms with E-state index >= 15 is 0 Å². The van der Waals surface area contributed by atoms with Crippen molar-refractivity contribution in [2.75, 3.05) is 0 Å². The maximum atomic E-state index is 8.52. The number of rotatable bonds is 0. The molecule has 0 N–H and O–H groups in total. The van der Waals surface area contributed by atoms with Gasteiger partial charge in [0.1, 0.15) is 0 Å². The minimum Gasteiger partial charge on any atom is -1.00 e. The summed E-state index contributed by atoms with van der Waals surface area (Å²) in [5, 5.41) is 0. The molecule has 0 saturated carbocycles. The SMILES string of the molecule is O=S(=O)([O-])[O-].[Cl-].[Cl-].[Mn+2].[Mn+2]. The standard InChI is InChI=1S/2ClH.2Mn.H2O4S/c;;;;1-5(2,3)4/h2*1H;;;(H2,1,2,3,4)/q;;2*+2;/p-4. The quantitative estimate of drug-likeness (QED) is 0.250. The molecular formula is Cl2Mn2O4S. The van der Waals surface area contributed by atoms with Gasteiger partial charge in [-0.1, -0.05) is 0 Å². The Labute approximate surface area is 86.5 Å². The summed E-state index contributed by atoms with van der Waals surface area (Å²) >= 11 is 0. The second-order valence-corrected chi connectivity index (χ2v) is 1.22. The molecule has 0 aliphatic heterocycles. The third-order valence-corrected chi connectivity index (χ3v) is 0. The molecule has 0 rings (SSSR count). The van der Waals surface area contributed by atoms with Gasteiger partial charge in [-0.05, 0) is 0 Å². The third kappa shape index (κ3) is 240. The zero-order valence-electron chi connectivity index (χ0n) is 3.55. The monoisotopic (exact) mass is 276 g/mol. The Morgan fingerprint density at radius 3 is 0.889 bits per heavy atom. The molecule has 9 heavy (non-hydrogen) atoms. The maximum Gasteiger partial charge on any atom is 2.00 e. The van der Waals surface area contributed by atoms with E-state index in [1.165, 1.54) is 0 Å². The summed E-state index contributed by atoms with van der Waals surface area (Å²) < 4.78 is 34.1. The summed E-state index contributed by atoms with van der Waals surface area (Å²) in [4.78, 5) is 0. The van der Waals surface area contributed by atoms with Crippen molar-refractivity contribution >= 4 is 10.4 Å². The van der Waals surface area contributed by atoms with Crippen LogP contribution in [0.25, 0.3) is 0 Å². The fraction of sp³-hybridized carbons (Fsp3) is 0. The van der Waals surface area contributed by atoms with Crippen LogP contribution in [0.2, 0.25) is 0 Å². The van der Waals surface area contributed by atoms with Gasteiger partial charge in [0.2, 0.25) is 0 Å². The molecule has 0 amide bonds.